The molecular weight excluding hydrogens is 445 g/mol. The lowest BCUT2D eigenvalue weighted by Gasteiger charge is -2.13. The van der Waals surface area contributed by atoms with Crippen LogP contribution in [0, 0.1) is 6.92 Å². The van der Waals surface area contributed by atoms with E-state index < -0.39 is 0 Å². The molecule has 1 aromatic rings. The summed E-state index contributed by atoms with van der Waals surface area (Å²) in [5, 5.41) is 6.52. The smallest absolute Gasteiger partial charge is 0.191 e. The molecule has 0 atom stereocenters. The second-order valence-electron chi connectivity index (χ2n) is 5.69. The van der Waals surface area contributed by atoms with Crippen molar-refractivity contribution in [2.45, 2.75) is 33.7 Å². The number of rotatable bonds is 12. The lowest BCUT2D eigenvalue weighted by atomic mass is 10.1. The molecular formula is C19H34IN3O3. The zero-order chi connectivity index (χ0) is 18.3. The van der Waals surface area contributed by atoms with Crippen molar-refractivity contribution < 1.29 is 14.2 Å². The quantitative estimate of drug-likeness (QED) is 0.209. The van der Waals surface area contributed by atoms with Crippen molar-refractivity contribution in [3.05, 3.63) is 29.3 Å². The summed E-state index contributed by atoms with van der Waals surface area (Å²) in [5.74, 6) is 1.70. The van der Waals surface area contributed by atoms with Gasteiger partial charge in [0.05, 0.1) is 33.0 Å². The van der Waals surface area contributed by atoms with Gasteiger partial charge >= 0.3 is 0 Å². The minimum atomic E-state index is 0. The standard InChI is InChI=1S/C19H33N3O3.HI/c1-5-10-25-18-14-16(3)7-8-17(18)15-22-19(20-6-2)21-9-11-24-13-12-23-4;/h7-8,14H,5-6,9-13,15H2,1-4H3,(H2,20,21,22);1H. The number of methoxy groups -OCH3 is 1. The van der Waals surface area contributed by atoms with E-state index in [1.807, 2.05) is 6.92 Å². The molecule has 1 rings (SSSR count). The molecule has 1 aromatic carbocycles. The van der Waals surface area contributed by atoms with E-state index in [-0.39, 0.29) is 24.0 Å². The molecule has 0 spiro atoms. The summed E-state index contributed by atoms with van der Waals surface area (Å²) in [6.45, 7) is 10.9. The van der Waals surface area contributed by atoms with Gasteiger partial charge in [-0.05, 0) is 31.9 Å². The van der Waals surface area contributed by atoms with Crippen molar-refractivity contribution in [3.63, 3.8) is 0 Å². The number of halogens is 1. The Morgan fingerprint density at radius 3 is 2.58 bits per heavy atom. The van der Waals surface area contributed by atoms with Crippen LogP contribution < -0.4 is 15.4 Å². The Morgan fingerprint density at radius 2 is 1.88 bits per heavy atom. The van der Waals surface area contributed by atoms with E-state index in [0.717, 1.165) is 36.8 Å². The van der Waals surface area contributed by atoms with Crippen molar-refractivity contribution in [2.24, 2.45) is 4.99 Å². The van der Waals surface area contributed by atoms with Gasteiger partial charge in [-0.15, -0.1) is 24.0 Å². The molecule has 150 valence electrons. The molecule has 0 aliphatic heterocycles. The van der Waals surface area contributed by atoms with Crippen molar-refractivity contribution in [1.82, 2.24) is 10.6 Å². The fourth-order valence-corrected chi connectivity index (χ4v) is 2.13. The Kier molecular flexibility index (Phi) is 15.5. The first kappa shape index (κ1) is 24.9. The first-order valence-corrected chi connectivity index (χ1v) is 9.02. The molecule has 0 saturated heterocycles. The number of ether oxygens (including phenoxy) is 3. The fraction of sp³-hybridized carbons (Fsp3) is 0.632. The third kappa shape index (κ3) is 10.8. The van der Waals surface area contributed by atoms with Gasteiger partial charge in [0, 0.05) is 25.8 Å². The van der Waals surface area contributed by atoms with Crippen molar-refractivity contribution in [3.8, 4) is 5.75 Å². The molecule has 0 fully saturated rings. The Hall–Kier alpha value is -1.06. The SMILES string of the molecule is CCCOc1cc(C)ccc1CN=C(NCC)NCCOCCOC.I. The van der Waals surface area contributed by atoms with Crippen LogP contribution in [0.25, 0.3) is 0 Å². The molecule has 0 aliphatic carbocycles. The number of aryl methyl sites for hydroxylation is 1. The van der Waals surface area contributed by atoms with E-state index in [2.05, 4.69) is 47.7 Å². The van der Waals surface area contributed by atoms with Gasteiger partial charge < -0.3 is 24.8 Å². The van der Waals surface area contributed by atoms with Gasteiger partial charge in [0.15, 0.2) is 5.96 Å². The Labute approximate surface area is 175 Å². The lowest BCUT2D eigenvalue weighted by Crippen LogP contribution is -2.39. The zero-order valence-electron chi connectivity index (χ0n) is 16.5. The number of hydrogen-bond donors (Lipinski definition) is 2. The molecule has 7 heteroatoms. The van der Waals surface area contributed by atoms with Crippen LogP contribution >= 0.6 is 24.0 Å². The van der Waals surface area contributed by atoms with Gasteiger partial charge in [-0.3, -0.25) is 0 Å². The topological polar surface area (TPSA) is 64.1 Å². The van der Waals surface area contributed by atoms with Gasteiger partial charge in [0.25, 0.3) is 0 Å². The highest BCUT2D eigenvalue weighted by atomic mass is 127. The predicted molar refractivity (Wildman–Crippen MR) is 118 cm³/mol. The first-order chi connectivity index (χ1) is 12.2. The third-order valence-electron chi connectivity index (χ3n) is 3.41. The number of nitrogens with one attached hydrogen (secondary N) is 2. The van der Waals surface area contributed by atoms with E-state index in [4.69, 9.17) is 14.2 Å². The molecule has 2 N–H and O–H groups in total. The van der Waals surface area contributed by atoms with Gasteiger partial charge in [-0.2, -0.15) is 0 Å². The first-order valence-electron chi connectivity index (χ1n) is 9.02. The lowest BCUT2D eigenvalue weighted by molar-refractivity contribution is 0.0733. The number of benzene rings is 1. The van der Waals surface area contributed by atoms with Crippen LogP contribution in [0.2, 0.25) is 0 Å². The number of guanidine groups is 1. The molecule has 0 bridgehead atoms. The van der Waals surface area contributed by atoms with Crippen LogP contribution in [-0.2, 0) is 16.0 Å². The zero-order valence-corrected chi connectivity index (χ0v) is 18.8. The average molecular weight is 479 g/mol. The van der Waals surface area contributed by atoms with E-state index in [9.17, 15) is 0 Å². The van der Waals surface area contributed by atoms with Gasteiger partial charge in [0.1, 0.15) is 5.75 Å². The Bertz CT molecular complexity index is 513. The van der Waals surface area contributed by atoms with Crippen LogP contribution in [0.15, 0.2) is 23.2 Å². The minimum Gasteiger partial charge on any atom is -0.493 e. The van der Waals surface area contributed by atoms with Crippen molar-refractivity contribution in [2.75, 3.05) is 46.6 Å². The highest BCUT2D eigenvalue weighted by Gasteiger charge is 2.05. The van der Waals surface area contributed by atoms with Gasteiger partial charge in [0.2, 0.25) is 0 Å². The highest BCUT2D eigenvalue weighted by molar-refractivity contribution is 14.0. The van der Waals surface area contributed by atoms with Crippen molar-refractivity contribution in [1.29, 1.82) is 0 Å². The molecule has 0 heterocycles. The second-order valence-corrected chi connectivity index (χ2v) is 5.69. The highest BCUT2D eigenvalue weighted by Crippen LogP contribution is 2.21. The summed E-state index contributed by atoms with van der Waals surface area (Å²) in [7, 11) is 1.67. The summed E-state index contributed by atoms with van der Waals surface area (Å²) in [6.07, 6.45) is 0.990. The summed E-state index contributed by atoms with van der Waals surface area (Å²) in [5.41, 5.74) is 2.28. The third-order valence-corrected chi connectivity index (χ3v) is 3.41. The summed E-state index contributed by atoms with van der Waals surface area (Å²) in [4.78, 5) is 4.65. The maximum Gasteiger partial charge on any atom is 0.191 e. The molecule has 0 saturated carbocycles. The monoisotopic (exact) mass is 479 g/mol. The van der Waals surface area contributed by atoms with E-state index in [1.165, 1.54) is 5.56 Å². The molecule has 0 unspecified atom stereocenters. The molecule has 26 heavy (non-hydrogen) atoms. The molecule has 0 aliphatic rings. The Morgan fingerprint density at radius 1 is 1.08 bits per heavy atom. The molecule has 0 aromatic heterocycles. The van der Waals surface area contributed by atoms with E-state index >= 15 is 0 Å². The summed E-state index contributed by atoms with van der Waals surface area (Å²) >= 11 is 0. The molecule has 0 amide bonds. The maximum atomic E-state index is 5.85. The van der Waals surface area contributed by atoms with E-state index in [1.54, 1.807) is 7.11 Å². The molecule has 6 nitrogen and oxygen atoms in total. The number of aliphatic imine (C=N–C) groups is 1. The second kappa shape index (κ2) is 16.1. The maximum absolute atomic E-state index is 5.85. The van der Waals surface area contributed by atoms with E-state index in [0.29, 0.717) is 32.9 Å². The van der Waals surface area contributed by atoms with Gasteiger partial charge in [-0.25, -0.2) is 4.99 Å². The van der Waals surface area contributed by atoms with Crippen LogP contribution in [0.3, 0.4) is 0 Å². The van der Waals surface area contributed by atoms with Gasteiger partial charge in [-0.1, -0.05) is 19.1 Å². The number of hydrogen-bond acceptors (Lipinski definition) is 4. The average Bonchev–Trinajstić information content (AvgIpc) is 2.61. The summed E-state index contributed by atoms with van der Waals surface area (Å²) in [6, 6.07) is 6.25. The fourth-order valence-electron chi connectivity index (χ4n) is 2.13. The Balaban J connectivity index is 0.00000625. The predicted octanol–water partition coefficient (Wildman–Crippen LogP) is 3.12. The van der Waals surface area contributed by atoms with Crippen molar-refractivity contribution >= 4 is 29.9 Å². The largest absolute Gasteiger partial charge is 0.493 e. The summed E-state index contributed by atoms with van der Waals surface area (Å²) < 4.78 is 16.3. The van der Waals surface area contributed by atoms with Crippen LogP contribution in [0.4, 0.5) is 0 Å². The van der Waals surface area contributed by atoms with Crippen LogP contribution in [-0.4, -0.2) is 52.6 Å². The normalized spacial score (nSPS) is 11.0. The number of nitrogens with zero attached hydrogens (tertiary/aromatic N) is 1. The minimum absolute atomic E-state index is 0. The molecule has 0 radical (unpaired) electrons. The van der Waals surface area contributed by atoms with Crippen LogP contribution in [0.5, 0.6) is 5.75 Å². The van der Waals surface area contributed by atoms with Crippen LogP contribution in [0.1, 0.15) is 31.4 Å².